The van der Waals surface area contributed by atoms with Gasteiger partial charge in [0.15, 0.2) is 0 Å². The second-order valence-electron chi connectivity index (χ2n) is 5.26. The molecule has 1 heterocycles. The third-order valence-electron chi connectivity index (χ3n) is 3.69. The monoisotopic (exact) mass is 345 g/mol. The Bertz CT molecular complexity index is 415. The molecule has 0 unspecified atom stereocenters. The molecule has 0 aliphatic carbocycles. The molecule has 1 rings (SSSR count). The van der Waals surface area contributed by atoms with Crippen LogP contribution in [-0.4, -0.2) is 106 Å². The second kappa shape index (κ2) is 10.8. The number of nitrogens with zero attached hydrogens (tertiary/aromatic N) is 3. The molecule has 0 radical (unpaired) electrons. The van der Waals surface area contributed by atoms with Crippen molar-refractivity contribution in [2.45, 2.75) is 6.92 Å². The summed E-state index contributed by atoms with van der Waals surface area (Å²) in [7, 11) is 3.07. The van der Waals surface area contributed by atoms with E-state index in [9.17, 15) is 14.4 Å². The summed E-state index contributed by atoms with van der Waals surface area (Å²) in [5.74, 6) is -1.14. The molecule has 0 spiro atoms. The van der Waals surface area contributed by atoms with Crippen LogP contribution in [0.25, 0.3) is 0 Å². The highest BCUT2D eigenvalue weighted by molar-refractivity contribution is 6.34. The van der Waals surface area contributed by atoms with Gasteiger partial charge in [0.25, 0.3) is 0 Å². The topological polar surface area (TPSA) is 88.6 Å². The van der Waals surface area contributed by atoms with Crippen LogP contribution in [0.4, 0.5) is 4.79 Å². The lowest BCUT2D eigenvalue weighted by atomic mass is 10.3. The fourth-order valence-corrected chi connectivity index (χ4v) is 2.30. The maximum absolute atomic E-state index is 12.4. The summed E-state index contributed by atoms with van der Waals surface area (Å²) in [5.41, 5.74) is 0. The SMILES string of the molecule is CCOC(=O)N1CCN(C(=O)C(=O)N(CCOC)CCOC)CC1. The molecule has 9 heteroatoms. The van der Waals surface area contributed by atoms with Crippen LogP contribution in [0.15, 0.2) is 0 Å². The molecule has 1 aliphatic heterocycles. The summed E-state index contributed by atoms with van der Waals surface area (Å²) >= 11 is 0. The zero-order valence-corrected chi connectivity index (χ0v) is 14.7. The summed E-state index contributed by atoms with van der Waals surface area (Å²) in [6, 6.07) is 0. The molecule has 1 saturated heterocycles. The van der Waals surface area contributed by atoms with Gasteiger partial charge in [0.2, 0.25) is 0 Å². The van der Waals surface area contributed by atoms with Crippen LogP contribution >= 0.6 is 0 Å². The molecule has 0 N–H and O–H groups in total. The van der Waals surface area contributed by atoms with Gasteiger partial charge in [0, 0.05) is 53.5 Å². The molecule has 1 fully saturated rings. The first-order chi connectivity index (χ1) is 11.5. The minimum absolute atomic E-state index is 0.310. The summed E-state index contributed by atoms with van der Waals surface area (Å²) < 4.78 is 14.9. The van der Waals surface area contributed by atoms with Crippen molar-refractivity contribution < 1.29 is 28.6 Å². The molecule has 138 valence electrons. The van der Waals surface area contributed by atoms with Gasteiger partial charge in [-0.1, -0.05) is 0 Å². The molecule has 0 aromatic carbocycles. The van der Waals surface area contributed by atoms with Crippen LogP contribution in [-0.2, 0) is 23.8 Å². The van der Waals surface area contributed by atoms with Crippen molar-refractivity contribution >= 4 is 17.9 Å². The van der Waals surface area contributed by atoms with E-state index < -0.39 is 17.9 Å². The van der Waals surface area contributed by atoms with Crippen LogP contribution in [0.5, 0.6) is 0 Å². The minimum atomic E-state index is -0.575. The van der Waals surface area contributed by atoms with Gasteiger partial charge in [-0.25, -0.2) is 4.79 Å². The van der Waals surface area contributed by atoms with E-state index >= 15 is 0 Å². The van der Waals surface area contributed by atoms with E-state index in [0.29, 0.717) is 59.1 Å². The fourth-order valence-electron chi connectivity index (χ4n) is 2.30. The van der Waals surface area contributed by atoms with Gasteiger partial charge < -0.3 is 28.9 Å². The van der Waals surface area contributed by atoms with E-state index in [1.165, 1.54) is 28.9 Å². The molecule has 1 aliphatic rings. The Morgan fingerprint density at radius 2 is 1.42 bits per heavy atom. The Hall–Kier alpha value is -1.87. The second-order valence-corrected chi connectivity index (χ2v) is 5.26. The van der Waals surface area contributed by atoms with Gasteiger partial charge in [-0.05, 0) is 6.92 Å². The lowest BCUT2D eigenvalue weighted by molar-refractivity contribution is -0.153. The molecule has 0 atom stereocenters. The molecule has 0 aromatic rings. The molecule has 9 nitrogen and oxygen atoms in total. The number of carbonyl (C=O) groups excluding carboxylic acids is 3. The predicted octanol–water partition coefficient (Wildman–Crippen LogP) is -0.591. The van der Waals surface area contributed by atoms with E-state index in [4.69, 9.17) is 14.2 Å². The van der Waals surface area contributed by atoms with Gasteiger partial charge in [-0.15, -0.1) is 0 Å². The number of hydrogen-bond acceptors (Lipinski definition) is 6. The third-order valence-corrected chi connectivity index (χ3v) is 3.69. The van der Waals surface area contributed by atoms with Crippen molar-refractivity contribution in [2.75, 3.05) is 73.3 Å². The van der Waals surface area contributed by atoms with E-state index in [2.05, 4.69) is 0 Å². The van der Waals surface area contributed by atoms with Crippen LogP contribution < -0.4 is 0 Å². The molecule has 0 bridgehead atoms. The Morgan fingerprint density at radius 1 is 0.917 bits per heavy atom. The zero-order chi connectivity index (χ0) is 17.9. The van der Waals surface area contributed by atoms with E-state index in [-0.39, 0.29) is 0 Å². The van der Waals surface area contributed by atoms with Gasteiger partial charge >= 0.3 is 17.9 Å². The van der Waals surface area contributed by atoms with Crippen molar-refractivity contribution in [3.05, 3.63) is 0 Å². The van der Waals surface area contributed by atoms with Crippen LogP contribution in [0.1, 0.15) is 6.92 Å². The maximum Gasteiger partial charge on any atom is 0.409 e. The van der Waals surface area contributed by atoms with Crippen molar-refractivity contribution in [1.29, 1.82) is 0 Å². The molecule has 3 amide bonds. The van der Waals surface area contributed by atoms with Crippen molar-refractivity contribution in [1.82, 2.24) is 14.7 Å². The van der Waals surface area contributed by atoms with Gasteiger partial charge in [-0.3, -0.25) is 9.59 Å². The molecule has 0 aromatic heterocycles. The first-order valence-corrected chi connectivity index (χ1v) is 8.02. The fraction of sp³-hybridized carbons (Fsp3) is 0.800. The Kier molecular flexibility index (Phi) is 9.10. The summed E-state index contributed by atoms with van der Waals surface area (Å²) in [6.45, 7) is 4.73. The van der Waals surface area contributed by atoms with Crippen molar-refractivity contribution in [3.63, 3.8) is 0 Å². The maximum atomic E-state index is 12.4. The van der Waals surface area contributed by atoms with Gasteiger partial charge in [-0.2, -0.15) is 0 Å². The smallest absolute Gasteiger partial charge is 0.409 e. The predicted molar refractivity (Wildman–Crippen MR) is 85.5 cm³/mol. The van der Waals surface area contributed by atoms with E-state index in [1.807, 2.05) is 0 Å². The summed E-state index contributed by atoms with van der Waals surface area (Å²) in [6.07, 6.45) is -0.391. The number of amides is 3. The van der Waals surface area contributed by atoms with E-state index in [1.54, 1.807) is 6.92 Å². The standard InChI is InChI=1S/C15H27N3O6/c1-4-24-15(21)18-7-5-16(6-8-18)13(19)14(20)17(9-11-22-2)10-12-23-3/h4-12H2,1-3H3. The molecule has 0 saturated carbocycles. The Labute approximate surface area is 142 Å². The number of ether oxygens (including phenoxy) is 3. The number of carbonyl (C=O) groups is 3. The Morgan fingerprint density at radius 3 is 1.88 bits per heavy atom. The van der Waals surface area contributed by atoms with Gasteiger partial charge in [0.1, 0.15) is 0 Å². The zero-order valence-electron chi connectivity index (χ0n) is 14.7. The lowest BCUT2D eigenvalue weighted by Gasteiger charge is -2.34. The largest absolute Gasteiger partial charge is 0.450 e. The van der Waals surface area contributed by atoms with Crippen molar-refractivity contribution in [2.24, 2.45) is 0 Å². The van der Waals surface area contributed by atoms with Crippen LogP contribution in [0.3, 0.4) is 0 Å². The highest BCUT2D eigenvalue weighted by Gasteiger charge is 2.30. The quantitative estimate of drug-likeness (QED) is 0.573. The normalized spacial score (nSPS) is 14.5. The third kappa shape index (κ3) is 5.97. The van der Waals surface area contributed by atoms with E-state index in [0.717, 1.165) is 0 Å². The average molecular weight is 345 g/mol. The highest BCUT2D eigenvalue weighted by Crippen LogP contribution is 2.06. The summed E-state index contributed by atoms with van der Waals surface area (Å²) in [5, 5.41) is 0. The highest BCUT2D eigenvalue weighted by atomic mass is 16.6. The summed E-state index contributed by atoms with van der Waals surface area (Å²) in [4.78, 5) is 40.8. The first kappa shape index (κ1) is 20.2. The Balaban J connectivity index is 2.55. The van der Waals surface area contributed by atoms with Crippen LogP contribution in [0, 0.1) is 0 Å². The molecule has 24 heavy (non-hydrogen) atoms. The number of hydrogen-bond donors (Lipinski definition) is 0. The average Bonchev–Trinajstić information content (AvgIpc) is 2.61. The molecular formula is C15H27N3O6. The minimum Gasteiger partial charge on any atom is -0.450 e. The molecular weight excluding hydrogens is 318 g/mol. The number of piperazine rings is 1. The van der Waals surface area contributed by atoms with Gasteiger partial charge in [0.05, 0.1) is 19.8 Å². The lowest BCUT2D eigenvalue weighted by Crippen LogP contribution is -2.55. The number of methoxy groups -OCH3 is 2. The van der Waals surface area contributed by atoms with Crippen LogP contribution in [0.2, 0.25) is 0 Å². The van der Waals surface area contributed by atoms with Crippen molar-refractivity contribution in [3.8, 4) is 0 Å². The number of rotatable bonds is 7. The first-order valence-electron chi connectivity index (χ1n) is 8.02.